The number of carbonyl (C=O) groups excluding carboxylic acids is 2. The minimum atomic E-state index is -3.78. The molecule has 0 bridgehead atoms. The third-order valence-corrected chi connectivity index (χ3v) is 5.35. The summed E-state index contributed by atoms with van der Waals surface area (Å²) >= 11 is 0. The number of benzene rings is 2. The number of ether oxygens (including phenoxy) is 4. The minimum Gasteiger partial charge on any atom is -0.493 e. The molecule has 1 amide bonds. The Morgan fingerprint density at radius 2 is 1.70 bits per heavy atom. The third kappa shape index (κ3) is 7.68. The summed E-state index contributed by atoms with van der Waals surface area (Å²) < 4.78 is 45.5. The number of sulfonamides is 1. The van der Waals surface area contributed by atoms with Gasteiger partial charge in [-0.15, -0.1) is 0 Å². The first-order chi connectivity index (χ1) is 15.7. The second kappa shape index (κ2) is 11.7. The highest BCUT2D eigenvalue weighted by Crippen LogP contribution is 2.32. The Morgan fingerprint density at radius 1 is 1.03 bits per heavy atom. The molecule has 0 atom stereocenters. The summed E-state index contributed by atoms with van der Waals surface area (Å²) in [5, 5.41) is 3.84. The van der Waals surface area contributed by atoms with E-state index in [0.29, 0.717) is 22.8 Å². The lowest BCUT2D eigenvalue weighted by molar-refractivity contribution is -0.142. The summed E-state index contributed by atoms with van der Waals surface area (Å²) in [4.78, 5) is 23.4. The van der Waals surface area contributed by atoms with Gasteiger partial charge in [0.05, 0.1) is 39.5 Å². The summed E-state index contributed by atoms with van der Waals surface area (Å²) in [6.45, 7) is -0.705. The maximum absolute atomic E-state index is 12.3. The summed E-state index contributed by atoms with van der Waals surface area (Å²) in [6.07, 6.45) is 2.37. The van der Waals surface area contributed by atoms with Crippen LogP contribution in [0.15, 0.2) is 47.6 Å². The molecule has 0 aliphatic rings. The molecular weight excluding hydrogens is 454 g/mol. The highest BCUT2D eigenvalue weighted by molar-refractivity contribution is 7.92. The van der Waals surface area contributed by atoms with Crippen molar-refractivity contribution in [3.05, 3.63) is 48.0 Å². The van der Waals surface area contributed by atoms with Crippen molar-refractivity contribution in [1.82, 2.24) is 5.43 Å². The van der Waals surface area contributed by atoms with E-state index in [1.54, 1.807) is 30.3 Å². The van der Waals surface area contributed by atoms with Gasteiger partial charge in [-0.1, -0.05) is 0 Å². The molecule has 1 N–H and O–H groups in total. The quantitative estimate of drug-likeness (QED) is 0.289. The van der Waals surface area contributed by atoms with Crippen LogP contribution in [0, 0.1) is 0 Å². The van der Waals surface area contributed by atoms with E-state index < -0.39 is 28.4 Å². The number of methoxy groups -OCH3 is 3. The number of nitrogens with one attached hydrogen (secondary N) is 1. The molecular formula is C21H25N3O8S. The molecule has 11 nitrogen and oxygen atoms in total. The van der Waals surface area contributed by atoms with Crippen LogP contribution in [-0.4, -0.2) is 67.2 Å². The zero-order valence-electron chi connectivity index (χ0n) is 18.6. The smallest absolute Gasteiger partial charge is 0.343 e. The van der Waals surface area contributed by atoms with Gasteiger partial charge in [0, 0.05) is 6.07 Å². The van der Waals surface area contributed by atoms with Gasteiger partial charge in [0.2, 0.25) is 10.0 Å². The molecule has 178 valence electrons. The molecule has 12 heteroatoms. The normalized spacial score (nSPS) is 11.0. The molecule has 33 heavy (non-hydrogen) atoms. The van der Waals surface area contributed by atoms with Gasteiger partial charge in [0.15, 0.2) is 18.1 Å². The highest BCUT2D eigenvalue weighted by Gasteiger charge is 2.22. The molecule has 0 fully saturated rings. The van der Waals surface area contributed by atoms with Crippen molar-refractivity contribution < 1.29 is 37.0 Å². The molecule has 0 aliphatic heterocycles. The fourth-order valence-electron chi connectivity index (χ4n) is 2.58. The van der Waals surface area contributed by atoms with Crippen LogP contribution in [-0.2, 0) is 24.3 Å². The lowest BCUT2D eigenvalue weighted by atomic mass is 10.2. The fourth-order valence-corrected chi connectivity index (χ4v) is 3.42. The van der Waals surface area contributed by atoms with Gasteiger partial charge in [-0.05, 0) is 42.0 Å². The standard InChI is InChI=1S/C21H25N3O8S/c1-29-18-10-7-16(11-19(18)30-2)24(33(4,27)28)13-20(25)23-22-12-15-5-8-17(9-6-15)32-14-21(26)31-3/h5-12H,13-14H2,1-4H3,(H,23,25)/b22-12-. The number of carbonyl (C=O) groups is 2. The summed E-state index contributed by atoms with van der Waals surface area (Å²) in [5.74, 6) is 0.0518. The molecule has 0 spiro atoms. The van der Waals surface area contributed by atoms with Crippen LogP contribution >= 0.6 is 0 Å². The zero-order chi connectivity index (χ0) is 24.4. The Balaban J connectivity index is 2.02. The van der Waals surface area contributed by atoms with Crippen LogP contribution in [0.4, 0.5) is 5.69 Å². The number of anilines is 1. The maximum atomic E-state index is 12.3. The Bertz CT molecular complexity index is 1100. The first-order valence-electron chi connectivity index (χ1n) is 9.49. The summed E-state index contributed by atoms with van der Waals surface area (Å²) in [6, 6.07) is 11.1. The SMILES string of the molecule is COC(=O)COc1ccc(/C=N\NC(=O)CN(c2ccc(OC)c(OC)c2)S(C)(=O)=O)cc1. The largest absolute Gasteiger partial charge is 0.493 e. The summed E-state index contributed by atoms with van der Waals surface area (Å²) in [5.41, 5.74) is 3.17. The van der Waals surface area contributed by atoms with Gasteiger partial charge in [0.1, 0.15) is 12.3 Å². The van der Waals surface area contributed by atoms with Gasteiger partial charge in [-0.3, -0.25) is 9.10 Å². The maximum Gasteiger partial charge on any atom is 0.343 e. The van der Waals surface area contributed by atoms with Crippen LogP contribution in [0.25, 0.3) is 0 Å². The molecule has 0 heterocycles. The van der Waals surface area contributed by atoms with Crippen molar-refractivity contribution in [3.8, 4) is 17.2 Å². The lowest BCUT2D eigenvalue weighted by Crippen LogP contribution is -2.39. The average molecular weight is 480 g/mol. The molecule has 0 saturated heterocycles. The van der Waals surface area contributed by atoms with Crippen molar-refractivity contribution in [3.63, 3.8) is 0 Å². The first-order valence-corrected chi connectivity index (χ1v) is 11.3. The predicted molar refractivity (Wildman–Crippen MR) is 121 cm³/mol. The Hall–Kier alpha value is -3.80. The second-order valence-electron chi connectivity index (χ2n) is 6.54. The third-order valence-electron chi connectivity index (χ3n) is 4.21. The second-order valence-corrected chi connectivity index (χ2v) is 8.44. The van der Waals surface area contributed by atoms with Crippen LogP contribution in [0.2, 0.25) is 0 Å². The van der Waals surface area contributed by atoms with Crippen molar-refractivity contribution in [2.45, 2.75) is 0 Å². The van der Waals surface area contributed by atoms with E-state index in [-0.39, 0.29) is 12.3 Å². The van der Waals surface area contributed by atoms with Gasteiger partial charge in [-0.2, -0.15) is 5.10 Å². The number of hydrazone groups is 1. The number of hydrogen-bond donors (Lipinski definition) is 1. The molecule has 0 unspecified atom stereocenters. The minimum absolute atomic E-state index is 0.211. The van der Waals surface area contributed by atoms with Crippen molar-refractivity contribution in [2.75, 3.05) is 45.0 Å². The van der Waals surface area contributed by atoms with Crippen molar-refractivity contribution in [2.24, 2.45) is 5.10 Å². The number of hydrogen-bond acceptors (Lipinski definition) is 9. The molecule has 2 aromatic rings. The highest BCUT2D eigenvalue weighted by atomic mass is 32.2. The number of esters is 1. The monoisotopic (exact) mass is 479 g/mol. The Morgan fingerprint density at radius 3 is 2.27 bits per heavy atom. The van der Waals surface area contributed by atoms with E-state index in [9.17, 15) is 18.0 Å². The number of rotatable bonds is 11. The van der Waals surface area contributed by atoms with Crippen LogP contribution < -0.4 is 23.9 Å². The number of nitrogens with zero attached hydrogens (tertiary/aromatic N) is 2. The van der Waals surface area contributed by atoms with Gasteiger partial charge >= 0.3 is 5.97 Å². The molecule has 0 saturated carbocycles. The lowest BCUT2D eigenvalue weighted by Gasteiger charge is -2.22. The van der Waals surface area contributed by atoms with E-state index in [2.05, 4.69) is 15.3 Å². The molecule has 2 aromatic carbocycles. The van der Waals surface area contributed by atoms with Gasteiger partial charge in [0.25, 0.3) is 5.91 Å². The molecule has 0 radical (unpaired) electrons. The molecule has 0 aliphatic carbocycles. The van der Waals surface area contributed by atoms with Gasteiger partial charge < -0.3 is 18.9 Å². The molecule has 0 aromatic heterocycles. The Kier molecular flexibility index (Phi) is 9.04. The van der Waals surface area contributed by atoms with Crippen molar-refractivity contribution in [1.29, 1.82) is 0 Å². The zero-order valence-corrected chi connectivity index (χ0v) is 19.4. The van der Waals surface area contributed by atoms with Crippen LogP contribution in [0.5, 0.6) is 17.2 Å². The van der Waals surface area contributed by atoms with Crippen LogP contribution in [0.3, 0.4) is 0 Å². The van der Waals surface area contributed by atoms with E-state index in [1.807, 2.05) is 0 Å². The number of amides is 1. The molecule has 2 rings (SSSR count). The van der Waals surface area contributed by atoms with E-state index in [4.69, 9.17) is 14.2 Å². The van der Waals surface area contributed by atoms with E-state index >= 15 is 0 Å². The summed E-state index contributed by atoms with van der Waals surface area (Å²) in [7, 11) is 0.372. The van der Waals surface area contributed by atoms with Crippen LogP contribution in [0.1, 0.15) is 5.56 Å². The van der Waals surface area contributed by atoms with Gasteiger partial charge in [-0.25, -0.2) is 18.6 Å². The predicted octanol–water partition coefficient (Wildman–Crippen LogP) is 1.17. The van der Waals surface area contributed by atoms with Crippen molar-refractivity contribution >= 4 is 33.8 Å². The Labute approximate surface area is 191 Å². The first kappa shape index (κ1) is 25.5. The van der Waals surface area contributed by atoms with E-state index in [0.717, 1.165) is 10.6 Å². The fraction of sp³-hybridized carbons (Fsp3) is 0.286. The average Bonchev–Trinajstić information content (AvgIpc) is 2.80. The van der Waals surface area contributed by atoms with E-state index in [1.165, 1.54) is 39.7 Å². The topological polar surface area (TPSA) is 133 Å².